The Morgan fingerprint density at radius 2 is 1.92 bits per heavy atom. The topological polar surface area (TPSA) is 110 Å². The third-order valence-electron chi connectivity index (χ3n) is 5.00. The quantitative estimate of drug-likeness (QED) is 0.742. The van der Waals surface area contributed by atoms with Crippen LogP contribution in [-0.4, -0.2) is 28.3 Å². The number of nitrogens with two attached hydrogens (primary N) is 1. The van der Waals surface area contributed by atoms with Crippen LogP contribution in [0.5, 0.6) is 0 Å². The molecule has 0 saturated heterocycles. The number of H-pyrrole nitrogens is 1. The Hall–Kier alpha value is -2.41. The number of carbonyl (C=O) groups is 1. The number of nitrogens with one attached hydrogen (secondary N) is 2. The Kier molecular flexibility index (Phi) is 5.33. The molecule has 134 valence electrons. The van der Waals surface area contributed by atoms with Gasteiger partial charge in [0.05, 0.1) is 17.3 Å². The first-order chi connectivity index (χ1) is 12.1. The second-order valence-corrected chi connectivity index (χ2v) is 6.65. The van der Waals surface area contributed by atoms with E-state index >= 15 is 0 Å². The van der Waals surface area contributed by atoms with Crippen LogP contribution in [0.4, 0.5) is 0 Å². The highest BCUT2D eigenvalue weighted by Crippen LogP contribution is 2.23. The normalized spacial score (nSPS) is 20.5. The molecular weight excluding hydrogens is 320 g/mol. The molecule has 4 N–H and O–H groups in total. The van der Waals surface area contributed by atoms with Gasteiger partial charge in [0, 0.05) is 12.5 Å². The van der Waals surface area contributed by atoms with Gasteiger partial charge in [0.2, 0.25) is 5.91 Å². The van der Waals surface area contributed by atoms with Gasteiger partial charge in [-0.1, -0.05) is 25.0 Å². The summed E-state index contributed by atoms with van der Waals surface area (Å²) < 4.78 is 1.21. The Morgan fingerprint density at radius 1 is 1.20 bits per heavy atom. The first kappa shape index (κ1) is 17.4. The minimum atomic E-state index is -0.328. The number of benzene rings is 1. The average Bonchev–Trinajstić information content (AvgIpc) is 2.64. The molecule has 1 aromatic heterocycles. The van der Waals surface area contributed by atoms with Crippen LogP contribution in [0.15, 0.2) is 33.9 Å². The fraction of sp³-hybridized carbons (Fsp3) is 0.500. The predicted octanol–water partition coefficient (Wildman–Crippen LogP) is 0.714. The summed E-state index contributed by atoms with van der Waals surface area (Å²) in [6, 6.07) is 6.78. The summed E-state index contributed by atoms with van der Waals surface area (Å²) in [5.74, 6) is 0.201. The maximum absolute atomic E-state index is 12.4. The zero-order valence-electron chi connectivity index (χ0n) is 14.2. The molecule has 0 radical (unpaired) electrons. The van der Waals surface area contributed by atoms with Gasteiger partial charge in [0.15, 0.2) is 0 Å². The lowest BCUT2D eigenvalue weighted by Crippen LogP contribution is -2.45. The number of carbonyl (C=O) groups excluding carboxylic acids is 1. The van der Waals surface area contributed by atoms with Crippen LogP contribution in [0.3, 0.4) is 0 Å². The first-order valence-electron chi connectivity index (χ1n) is 8.81. The van der Waals surface area contributed by atoms with Gasteiger partial charge in [-0.25, -0.2) is 4.68 Å². The fourth-order valence-electron chi connectivity index (χ4n) is 3.58. The SMILES string of the molecule is NCC1CCCCC1NC(=O)CCn1[nH]c(=O)c2ccccc2c1=O. The summed E-state index contributed by atoms with van der Waals surface area (Å²) in [4.78, 5) is 36.7. The third-order valence-corrected chi connectivity index (χ3v) is 5.00. The molecule has 0 bridgehead atoms. The molecule has 0 spiro atoms. The molecule has 25 heavy (non-hydrogen) atoms. The average molecular weight is 344 g/mol. The fourth-order valence-corrected chi connectivity index (χ4v) is 3.58. The standard InChI is InChI=1S/C18H24N4O3/c19-11-12-5-1-4-8-15(12)20-16(23)9-10-22-18(25)14-7-3-2-6-13(14)17(24)21-22/h2-3,6-7,12,15H,1,4-5,8-11,19H2,(H,20,23)(H,21,24). The molecule has 2 aromatic rings. The van der Waals surface area contributed by atoms with Crippen molar-refractivity contribution in [3.8, 4) is 0 Å². The van der Waals surface area contributed by atoms with Crippen LogP contribution < -0.4 is 22.2 Å². The highest BCUT2D eigenvalue weighted by molar-refractivity contribution is 5.80. The van der Waals surface area contributed by atoms with E-state index in [-0.39, 0.29) is 36.0 Å². The molecule has 7 nitrogen and oxygen atoms in total. The smallest absolute Gasteiger partial charge is 0.273 e. The van der Waals surface area contributed by atoms with E-state index in [9.17, 15) is 14.4 Å². The lowest BCUT2D eigenvalue weighted by molar-refractivity contribution is -0.122. The van der Waals surface area contributed by atoms with Gasteiger partial charge in [0.25, 0.3) is 11.1 Å². The van der Waals surface area contributed by atoms with Gasteiger partial charge in [0.1, 0.15) is 0 Å². The van der Waals surface area contributed by atoms with Crippen molar-refractivity contribution in [3.63, 3.8) is 0 Å². The molecule has 0 aliphatic heterocycles. The lowest BCUT2D eigenvalue weighted by Gasteiger charge is -2.31. The number of rotatable bonds is 5. The zero-order valence-corrected chi connectivity index (χ0v) is 14.2. The molecule has 1 saturated carbocycles. The van der Waals surface area contributed by atoms with E-state index in [4.69, 9.17) is 5.73 Å². The molecule has 2 atom stereocenters. The van der Waals surface area contributed by atoms with Crippen LogP contribution >= 0.6 is 0 Å². The van der Waals surface area contributed by atoms with Crippen molar-refractivity contribution in [2.75, 3.05) is 6.54 Å². The third kappa shape index (κ3) is 3.82. The van der Waals surface area contributed by atoms with Gasteiger partial charge in [-0.15, -0.1) is 0 Å². The van der Waals surface area contributed by atoms with E-state index in [2.05, 4.69) is 10.4 Å². The van der Waals surface area contributed by atoms with E-state index in [0.717, 1.165) is 25.7 Å². The van der Waals surface area contributed by atoms with E-state index in [1.807, 2.05) is 0 Å². The Labute approximate surface area is 145 Å². The number of nitrogens with zero attached hydrogens (tertiary/aromatic N) is 1. The number of hydrogen-bond donors (Lipinski definition) is 3. The number of aromatic amines is 1. The Morgan fingerprint density at radius 3 is 2.68 bits per heavy atom. The summed E-state index contributed by atoms with van der Waals surface area (Å²) in [5, 5.41) is 6.31. The summed E-state index contributed by atoms with van der Waals surface area (Å²) in [6.45, 7) is 0.715. The van der Waals surface area contributed by atoms with Gasteiger partial charge in [-0.3, -0.25) is 19.5 Å². The van der Waals surface area contributed by atoms with Crippen molar-refractivity contribution in [1.29, 1.82) is 0 Å². The summed E-state index contributed by atoms with van der Waals surface area (Å²) in [5.41, 5.74) is 5.17. The van der Waals surface area contributed by atoms with Gasteiger partial charge in [-0.2, -0.15) is 0 Å². The molecule has 1 heterocycles. The zero-order chi connectivity index (χ0) is 17.8. The lowest BCUT2D eigenvalue weighted by atomic mass is 9.84. The van der Waals surface area contributed by atoms with Gasteiger partial charge >= 0.3 is 0 Å². The van der Waals surface area contributed by atoms with Crippen LogP contribution in [0.1, 0.15) is 32.1 Å². The van der Waals surface area contributed by atoms with Crippen molar-refractivity contribution in [1.82, 2.24) is 15.1 Å². The molecule has 1 fully saturated rings. The Balaban J connectivity index is 1.68. The predicted molar refractivity (Wildman–Crippen MR) is 96.4 cm³/mol. The number of aryl methyl sites for hydroxylation is 1. The van der Waals surface area contributed by atoms with E-state index in [0.29, 0.717) is 23.2 Å². The molecule has 1 aromatic carbocycles. The van der Waals surface area contributed by atoms with Crippen molar-refractivity contribution >= 4 is 16.7 Å². The van der Waals surface area contributed by atoms with Crippen LogP contribution in [0, 0.1) is 5.92 Å². The van der Waals surface area contributed by atoms with Crippen LogP contribution in [0.25, 0.3) is 10.8 Å². The molecule has 1 amide bonds. The van der Waals surface area contributed by atoms with E-state index in [1.165, 1.54) is 4.68 Å². The highest BCUT2D eigenvalue weighted by Gasteiger charge is 2.25. The van der Waals surface area contributed by atoms with Gasteiger partial charge < -0.3 is 11.1 Å². The number of fused-ring (bicyclic) bond motifs is 1. The minimum absolute atomic E-state index is 0.110. The van der Waals surface area contributed by atoms with Crippen molar-refractivity contribution in [3.05, 3.63) is 45.0 Å². The maximum Gasteiger partial charge on any atom is 0.273 e. The molecular formula is C18H24N4O3. The van der Waals surface area contributed by atoms with E-state index < -0.39 is 0 Å². The summed E-state index contributed by atoms with van der Waals surface area (Å²) in [6.07, 6.45) is 4.38. The molecule has 3 rings (SSSR count). The minimum Gasteiger partial charge on any atom is -0.353 e. The molecule has 1 aliphatic rings. The molecule has 2 unspecified atom stereocenters. The van der Waals surface area contributed by atoms with Gasteiger partial charge in [-0.05, 0) is 37.4 Å². The second-order valence-electron chi connectivity index (χ2n) is 6.65. The van der Waals surface area contributed by atoms with Crippen molar-refractivity contribution < 1.29 is 4.79 Å². The number of hydrogen-bond acceptors (Lipinski definition) is 4. The van der Waals surface area contributed by atoms with Crippen molar-refractivity contribution in [2.45, 2.75) is 44.7 Å². The summed E-state index contributed by atoms with van der Waals surface area (Å²) in [7, 11) is 0. The highest BCUT2D eigenvalue weighted by atomic mass is 16.2. The number of amides is 1. The first-order valence-corrected chi connectivity index (χ1v) is 8.81. The summed E-state index contributed by atoms with van der Waals surface area (Å²) >= 11 is 0. The van der Waals surface area contributed by atoms with Crippen molar-refractivity contribution in [2.24, 2.45) is 11.7 Å². The molecule has 1 aliphatic carbocycles. The largest absolute Gasteiger partial charge is 0.353 e. The van der Waals surface area contributed by atoms with Crippen LogP contribution in [-0.2, 0) is 11.3 Å². The molecule has 7 heteroatoms. The second kappa shape index (κ2) is 7.65. The van der Waals surface area contributed by atoms with E-state index in [1.54, 1.807) is 24.3 Å². The Bertz CT molecular complexity index is 870. The monoisotopic (exact) mass is 344 g/mol. The maximum atomic E-state index is 12.4. The number of aromatic nitrogens is 2. The van der Waals surface area contributed by atoms with Crippen LogP contribution in [0.2, 0.25) is 0 Å².